The van der Waals surface area contributed by atoms with Crippen LogP contribution in [0.2, 0.25) is 0 Å². The van der Waals surface area contributed by atoms with Gasteiger partial charge in [0.15, 0.2) is 0 Å². The van der Waals surface area contributed by atoms with Crippen LogP contribution in [0.4, 0.5) is 0 Å². The third-order valence-electron chi connectivity index (χ3n) is 3.85. The molecule has 0 unspecified atom stereocenters. The molecule has 2 aromatic heterocycles. The minimum Gasteiger partial charge on any atom is -0.497 e. The van der Waals surface area contributed by atoms with Crippen LogP contribution in [0.15, 0.2) is 42.6 Å². The molecule has 4 heteroatoms. The molecule has 3 aromatic rings. The van der Waals surface area contributed by atoms with Crippen LogP contribution in [0.1, 0.15) is 25.3 Å². The molecule has 0 amide bonds. The highest BCUT2D eigenvalue weighted by Crippen LogP contribution is 2.32. The van der Waals surface area contributed by atoms with Crippen molar-refractivity contribution in [2.45, 2.75) is 26.7 Å². The van der Waals surface area contributed by atoms with Crippen molar-refractivity contribution in [2.75, 3.05) is 13.7 Å². The highest BCUT2D eigenvalue weighted by molar-refractivity contribution is 5.70. The number of aryl methyl sites for hydroxylation is 1. The molecule has 0 fully saturated rings. The predicted molar refractivity (Wildman–Crippen MR) is 92.3 cm³/mol. The third-order valence-corrected chi connectivity index (χ3v) is 3.85. The lowest BCUT2D eigenvalue weighted by Crippen LogP contribution is -1.98. The molecule has 3 rings (SSSR count). The number of benzene rings is 1. The summed E-state index contributed by atoms with van der Waals surface area (Å²) in [4.78, 5) is 4.67. The van der Waals surface area contributed by atoms with E-state index in [0.717, 1.165) is 35.5 Å². The Morgan fingerprint density at radius 1 is 1.13 bits per heavy atom. The van der Waals surface area contributed by atoms with Gasteiger partial charge in [-0.1, -0.05) is 13.3 Å². The largest absolute Gasteiger partial charge is 0.497 e. The summed E-state index contributed by atoms with van der Waals surface area (Å²) in [7, 11) is 1.67. The van der Waals surface area contributed by atoms with Gasteiger partial charge in [0.1, 0.15) is 17.1 Å². The second-order valence-electron chi connectivity index (χ2n) is 5.63. The molecule has 0 aliphatic heterocycles. The Hall–Kier alpha value is -2.49. The molecule has 0 aliphatic rings. The third kappa shape index (κ3) is 3.16. The summed E-state index contributed by atoms with van der Waals surface area (Å²) in [6.07, 6.45) is 4.17. The van der Waals surface area contributed by atoms with Crippen molar-refractivity contribution < 1.29 is 9.47 Å². The minimum absolute atomic E-state index is 0.683. The minimum atomic E-state index is 0.683. The van der Waals surface area contributed by atoms with Gasteiger partial charge in [-0.05, 0) is 55.3 Å². The highest BCUT2D eigenvalue weighted by Gasteiger charge is 2.15. The molecule has 120 valence electrons. The molecule has 0 saturated heterocycles. The van der Waals surface area contributed by atoms with Crippen LogP contribution in [0.3, 0.4) is 0 Å². The monoisotopic (exact) mass is 310 g/mol. The van der Waals surface area contributed by atoms with Gasteiger partial charge in [-0.25, -0.2) is 0 Å². The maximum Gasteiger partial charge on any atom is 0.240 e. The Bertz CT molecular complexity index is 791. The van der Waals surface area contributed by atoms with E-state index < -0.39 is 0 Å². The molecule has 0 radical (unpaired) electrons. The molecule has 1 aromatic carbocycles. The van der Waals surface area contributed by atoms with Crippen LogP contribution in [0.25, 0.3) is 16.9 Å². The smallest absolute Gasteiger partial charge is 0.240 e. The van der Waals surface area contributed by atoms with E-state index in [1.54, 1.807) is 7.11 Å². The molecule has 0 bridgehead atoms. The van der Waals surface area contributed by atoms with Crippen molar-refractivity contribution in [2.24, 2.45) is 0 Å². The summed E-state index contributed by atoms with van der Waals surface area (Å²) in [5.74, 6) is 1.53. The Labute approximate surface area is 136 Å². The quantitative estimate of drug-likeness (QED) is 0.629. The number of methoxy groups -OCH3 is 1. The maximum absolute atomic E-state index is 5.95. The van der Waals surface area contributed by atoms with Crippen LogP contribution in [-0.2, 0) is 0 Å². The van der Waals surface area contributed by atoms with Gasteiger partial charge in [-0.15, -0.1) is 0 Å². The zero-order valence-electron chi connectivity index (χ0n) is 13.9. The van der Waals surface area contributed by atoms with Gasteiger partial charge < -0.3 is 9.47 Å². The summed E-state index contributed by atoms with van der Waals surface area (Å²) < 4.78 is 13.3. The van der Waals surface area contributed by atoms with Gasteiger partial charge in [0, 0.05) is 11.8 Å². The number of nitrogens with zero attached hydrogens (tertiary/aromatic N) is 2. The van der Waals surface area contributed by atoms with Crippen LogP contribution in [-0.4, -0.2) is 23.1 Å². The zero-order valence-corrected chi connectivity index (χ0v) is 13.9. The van der Waals surface area contributed by atoms with Gasteiger partial charge in [0.05, 0.1) is 13.7 Å². The van der Waals surface area contributed by atoms with Crippen molar-refractivity contribution in [3.05, 3.63) is 48.2 Å². The molecular weight excluding hydrogens is 288 g/mol. The first-order chi connectivity index (χ1) is 11.2. The number of imidazole rings is 1. The van der Waals surface area contributed by atoms with Crippen molar-refractivity contribution in [1.82, 2.24) is 9.38 Å². The number of unbranched alkanes of at least 4 members (excludes halogenated alkanes) is 1. The van der Waals surface area contributed by atoms with Crippen LogP contribution < -0.4 is 9.47 Å². The molecule has 23 heavy (non-hydrogen) atoms. The Kier molecular flexibility index (Phi) is 4.51. The number of pyridine rings is 1. The number of aromatic nitrogens is 2. The van der Waals surface area contributed by atoms with Crippen LogP contribution >= 0.6 is 0 Å². The second-order valence-corrected chi connectivity index (χ2v) is 5.63. The Morgan fingerprint density at radius 2 is 1.91 bits per heavy atom. The van der Waals surface area contributed by atoms with Gasteiger partial charge in [0.2, 0.25) is 5.88 Å². The van der Waals surface area contributed by atoms with E-state index in [1.165, 1.54) is 5.56 Å². The summed E-state index contributed by atoms with van der Waals surface area (Å²) in [5.41, 5.74) is 4.14. The van der Waals surface area contributed by atoms with E-state index in [-0.39, 0.29) is 0 Å². The van der Waals surface area contributed by atoms with Crippen molar-refractivity contribution in [3.8, 4) is 22.9 Å². The molecule has 0 spiro atoms. The topological polar surface area (TPSA) is 35.8 Å². The fraction of sp³-hybridized carbons (Fsp3) is 0.316. The SMILES string of the molecule is CCCCOc1nc2cc(C)ccn2c1-c1ccc(OC)cc1. The zero-order chi connectivity index (χ0) is 16.2. The lowest BCUT2D eigenvalue weighted by atomic mass is 10.1. The van der Waals surface area contributed by atoms with Gasteiger partial charge >= 0.3 is 0 Å². The van der Waals surface area contributed by atoms with E-state index in [4.69, 9.17) is 9.47 Å². The molecular formula is C19H22N2O2. The van der Waals surface area contributed by atoms with E-state index in [0.29, 0.717) is 12.5 Å². The van der Waals surface area contributed by atoms with E-state index in [1.807, 2.05) is 30.5 Å². The fourth-order valence-corrected chi connectivity index (χ4v) is 2.55. The van der Waals surface area contributed by atoms with Gasteiger partial charge in [0.25, 0.3) is 0 Å². The molecule has 0 N–H and O–H groups in total. The second kappa shape index (κ2) is 6.73. The molecule has 0 atom stereocenters. The fourth-order valence-electron chi connectivity index (χ4n) is 2.55. The Balaban J connectivity index is 2.08. The van der Waals surface area contributed by atoms with Crippen molar-refractivity contribution in [1.29, 1.82) is 0 Å². The van der Waals surface area contributed by atoms with Crippen molar-refractivity contribution >= 4 is 5.65 Å². The van der Waals surface area contributed by atoms with E-state index in [2.05, 4.69) is 35.4 Å². The first kappa shape index (κ1) is 15.4. The summed E-state index contributed by atoms with van der Waals surface area (Å²) >= 11 is 0. The number of rotatable bonds is 6. The summed E-state index contributed by atoms with van der Waals surface area (Å²) in [6.45, 7) is 4.91. The number of hydrogen-bond donors (Lipinski definition) is 0. The number of hydrogen-bond acceptors (Lipinski definition) is 3. The maximum atomic E-state index is 5.95. The Morgan fingerprint density at radius 3 is 2.61 bits per heavy atom. The predicted octanol–water partition coefficient (Wildman–Crippen LogP) is 4.50. The molecule has 0 saturated carbocycles. The first-order valence-electron chi connectivity index (χ1n) is 7.99. The molecule has 2 heterocycles. The van der Waals surface area contributed by atoms with Gasteiger partial charge in [-0.3, -0.25) is 4.40 Å². The van der Waals surface area contributed by atoms with E-state index in [9.17, 15) is 0 Å². The highest BCUT2D eigenvalue weighted by atomic mass is 16.5. The lowest BCUT2D eigenvalue weighted by molar-refractivity contribution is 0.301. The standard InChI is InChI=1S/C19H22N2O2/c1-4-5-12-23-19-18(15-6-8-16(22-3)9-7-15)21-11-10-14(2)13-17(21)20-19/h6-11,13H,4-5,12H2,1-3H3. The van der Waals surface area contributed by atoms with Crippen molar-refractivity contribution in [3.63, 3.8) is 0 Å². The van der Waals surface area contributed by atoms with Gasteiger partial charge in [-0.2, -0.15) is 4.98 Å². The van der Waals surface area contributed by atoms with Crippen LogP contribution in [0, 0.1) is 6.92 Å². The molecule has 4 nitrogen and oxygen atoms in total. The average molecular weight is 310 g/mol. The van der Waals surface area contributed by atoms with Crippen LogP contribution in [0.5, 0.6) is 11.6 Å². The summed E-state index contributed by atoms with van der Waals surface area (Å²) in [6, 6.07) is 12.1. The lowest BCUT2D eigenvalue weighted by Gasteiger charge is -2.08. The molecule has 0 aliphatic carbocycles. The first-order valence-corrected chi connectivity index (χ1v) is 7.99. The normalized spacial score (nSPS) is 10.9. The summed E-state index contributed by atoms with van der Waals surface area (Å²) in [5, 5.41) is 0. The number of ether oxygens (including phenoxy) is 2. The number of fused-ring (bicyclic) bond motifs is 1. The average Bonchev–Trinajstić information content (AvgIpc) is 2.92. The van der Waals surface area contributed by atoms with E-state index >= 15 is 0 Å².